The monoisotopic (exact) mass is 510 g/mol. The van der Waals surface area contributed by atoms with Crippen molar-refractivity contribution in [2.75, 3.05) is 32.7 Å². The lowest BCUT2D eigenvalue weighted by molar-refractivity contribution is 0.328. The second kappa shape index (κ2) is 12.8. The van der Waals surface area contributed by atoms with E-state index in [1.165, 1.54) is 30.7 Å². The molecule has 29 heavy (non-hydrogen) atoms. The maximum atomic E-state index is 13.0. The third kappa shape index (κ3) is 8.30. The Kier molecular flexibility index (Phi) is 10.4. The number of halogens is 2. The van der Waals surface area contributed by atoms with Gasteiger partial charge in [-0.15, -0.1) is 24.0 Å². The number of likely N-dealkylation sites (tertiary alicyclic amines) is 1. The van der Waals surface area contributed by atoms with Crippen LogP contribution in [0.15, 0.2) is 59.6 Å². The van der Waals surface area contributed by atoms with Gasteiger partial charge in [-0.3, -0.25) is 0 Å². The minimum absolute atomic E-state index is 0. The molecular weight excluding hydrogens is 478 g/mol. The molecule has 0 saturated carbocycles. The van der Waals surface area contributed by atoms with Gasteiger partial charge < -0.3 is 15.5 Å². The summed E-state index contributed by atoms with van der Waals surface area (Å²) >= 11 is 0. The normalized spacial score (nSPS) is 17.0. The van der Waals surface area contributed by atoms with Crippen molar-refractivity contribution in [2.24, 2.45) is 10.9 Å². The number of nitrogens with zero attached hydrogens (tertiary/aromatic N) is 2. The van der Waals surface area contributed by atoms with E-state index in [2.05, 4.69) is 57.8 Å². The Balaban J connectivity index is 0.00000300. The third-order valence-corrected chi connectivity index (χ3v) is 5.16. The Hall–Kier alpha value is -1.67. The average molecular weight is 510 g/mol. The van der Waals surface area contributed by atoms with E-state index in [-0.39, 0.29) is 29.8 Å². The van der Waals surface area contributed by atoms with Gasteiger partial charge in [-0.25, -0.2) is 9.38 Å². The molecule has 4 nitrogen and oxygen atoms in total. The van der Waals surface area contributed by atoms with Crippen molar-refractivity contribution in [1.82, 2.24) is 15.5 Å². The second-order valence-corrected chi connectivity index (χ2v) is 7.39. The SMILES string of the molecule is CCNC(=NCc1ccc(F)cc1)NCC1CCN(CCc2ccccc2)C1.I. The molecule has 1 saturated heterocycles. The first-order valence-corrected chi connectivity index (χ1v) is 10.3. The van der Waals surface area contributed by atoms with Gasteiger partial charge in [0, 0.05) is 26.2 Å². The molecule has 1 atom stereocenters. The Morgan fingerprint density at radius 1 is 1.07 bits per heavy atom. The van der Waals surface area contributed by atoms with E-state index < -0.39 is 0 Å². The van der Waals surface area contributed by atoms with Crippen molar-refractivity contribution in [3.8, 4) is 0 Å². The van der Waals surface area contributed by atoms with Crippen LogP contribution in [0.25, 0.3) is 0 Å². The van der Waals surface area contributed by atoms with Crippen LogP contribution < -0.4 is 10.6 Å². The highest BCUT2D eigenvalue weighted by Crippen LogP contribution is 2.16. The fraction of sp³-hybridized carbons (Fsp3) is 0.435. The van der Waals surface area contributed by atoms with E-state index in [0.717, 1.165) is 44.1 Å². The van der Waals surface area contributed by atoms with Crippen molar-refractivity contribution < 1.29 is 4.39 Å². The first-order valence-electron chi connectivity index (χ1n) is 10.3. The molecule has 2 N–H and O–H groups in total. The molecule has 1 fully saturated rings. The summed E-state index contributed by atoms with van der Waals surface area (Å²) in [5.41, 5.74) is 2.41. The second-order valence-electron chi connectivity index (χ2n) is 7.39. The van der Waals surface area contributed by atoms with Gasteiger partial charge in [0.05, 0.1) is 6.54 Å². The molecule has 158 valence electrons. The van der Waals surface area contributed by atoms with Gasteiger partial charge in [-0.05, 0) is 55.5 Å². The van der Waals surface area contributed by atoms with Gasteiger partial charge in [0.2, 0.25) is 0 Å². The molecule has 0 amide bonds. The number of nitrogens with one attached hydrogen (secondary N) is 2. The summed E-state index contributed by atoms with van der Waals surface area (Å²) in [5.74, 6) is 1.26. The minimum atomic E-state index is -0.212. The molecular formula is C23H32FIN4. The van der Waals surface area contributed by atoms with E-state index in [9.17, 15) is 4.39 Å². The van der Waals surface area contributed by atoms with Gasteiger partial charge in [0.25, 0.3) is 0 Å². The molecule has 0 aromatic heterocycles. The fourth-order valence-corrected chi connectivity index (χ4v) is 3.56. The van der Waals surface area contributed by atoms with Crippen LogP contribution in [0.4, 0.5) is 4.39 Å². The zero-order valence-corrected chi connectivity index (χ0v) is 19.4. The molecule has 1 aliphatic heterocycles. The molecule has 2 aromatic rings. The standard InChI is InChI=1S/C23H31FN4.HI/c1-2-25-23(26-16-20-8-10-22(24)11-9-20)27-17-21-13-15-28(18-21)14-12-19-6-4-3-5-7-19;/h3-11,21H,2,12-18H2,1H3,(H2,25,26,27);1H. The Bertz CT molecular complexity index is 736. The molecule has 1 aliphatic rings. The van der Waals surface area contributed by atoms with Crippen LogP contribution in [-0.4, -0.2) is 43.6 Å². The van der Waals surface area contributed by atoms with E-state index in [0.29, 0.717) is 12.5 Å². The molecule has 0 aliphatic carbocycles. The summed E-state index contributed by atoms with van der Waals surface area (Å²) in [6.07, 6.45) is 2.34. The smallest absolute Gasteiger partial charge is 0.191 e. The first-order chi connectivity index (χ1) is 13.7. The molecule has 0 bridgehead atoms. The summed E-state index contributed by atoms with van der Waals surface area (Å²) < 4.78 is 13.0. The molecule has 3 rings (SSSR count). The van der Waals surface area contributed by atoms with Crippen LogP contribution in [0, 0.1) is 11.7 Å². The Morgan fingerprint density at radius 2 is 1.83 bits per heavy atom. The summed E-state index contributed by atoms with van der Waals surface area (Å²) in [6.45, 7) is 7.79. The third-order valence-electron chi connectivity index (χ3n) is 5.16. The van der Waals surface area contributed by atoms with Crippen LogP contribution in [-0.2, 0) is 13.0 Å². The summed E-state index contributed by atoms with van der Waals surface area (Å²) in [4.78, 5) is 7.19. The highest BCUT2D eigenvalue weighted by atomic mass is 127. The predicted octanol–water partition coefficient (Wildman–Crippen LogP) is 4.06. The molecule has 0 radical (unpaired) electrons. The first kappa shape index (κ1) is 23.6. The lowest BCUT2D eigenvalue weighted by atomic mass is 10.1. The summed E-state index contributed by atoms with van der Waals surface area (Å²) in [5, 5.41) is 6.77. The van der Waals surface area contributed by atoms with Gasteiger partial charge in [-0.2, -0.15) is 0 Å². The van der Waals surface area contributed by atoms with E-state index in [1.807, 2.05) is 0 Å². The number of rotatable bonds is 8. The zero-order valence-electron chi connectivity index (χ0n) is 17.1. The molecule has 1 heterocycles. The van der Waals surface area contributed by atoms with Crippen molar-refractivity contribution in [3.05, 3.63) is 71.5 Å². The molecule has 1 unspecified atom stereocenters. The van der Waals surface area contributed by atoms with Crippen LogP contribution >= 0.6 is 24.0 Å². The molecule has 2 aromatic carbocycles. The van der Waals surface area contributed by atoms with E-state index in [1.54, 1.807) is 12.1 Å². The highest BCUT2D eigenvalue weighted by Gasteiger charge is 2.22. The van der Waals surface area contributed by atoms with Crippen LogP contribution in [0.1, 0.15) is 24.5 Å². The lowest BCUT2D eigenvalue weighted by Gasteiger charge is -2.17. The number of guanidine groups is 1. The molecule has 6 heteroatoms. The summed E-state index contributed by atoms with van der Waals surface area (Å²) in [7, 11) is 0. The highest BCUT2D eigenvalue weighted by molar-refractivity contribution is 14.0. The fourth-order valence-electron chi connectivity index (χ4n) is 3.56. The van der Waals surface area contributed by atoms with Gasteiger partial charge in [0.15, 0.2) is 5.96 Å². The maximum Gasteiger partial charge on any atom is 0.191 e. The van der Waals surface area contributed by atoms with Gasteiger partial charge >= 0.3 is 0 Å². The van der Waals surface area contributed by atoms with E-state index >= 15 is 0 Å². The number of hydrogen-bond acceptors (Lipinski definition) is 2. The quantitative estimate of drug-likeness (QED) is 0.320. The zero-order chi connectivity index (χ0) is 19.6. The minimum Gasteiger partial charge on any atom is -0.357 e. The Morgan fingerprint density at radius 3 is 2.55 bits per heavy atom. The average Bonchev–Trinajstić information content (AvgIpc) is 3.18. The maximum absolute atomic E-state index is 13.0. The number of aliphatic imine (C=N–C) groups is 1. The van der Waals surface area contributed by atoms with Crippen molar-refractivity contribution in [2.45, 2.75) is 26.3 Å². The van der Waals surface area contributed by atoms with Crippen LogP contribution in [0.2, 0.25) is 0 Å². The summed E-state index contributed by atoms with van der Waals surface area (Å²) in [6, 6.07) is 17.2. The molecule has 0 spiro atoms. The van der Waals surface area contributed by atoms with Crippen LogP contribution in [0.5, 0.6) is 0 Å². The van der Waals surface area contributed by atoms with Gasteiger partial charge in [0.1, 0.15) is 5.82 Å². The van der Waals surface area contributed by atoms with E-state index in [4.69, 9.17) is 0 Å². The van der Waals surface area contributed by atoms with Crippen LogP contribution in [0.3, 0.4) is 0 Å². The number of hydrogen-bond donors (Lipinski definition) is 2. The van der Waals surface area contributed by atoms with Crippen molar-refractivity contribution >= 4 is 29.9 Å². The van der Waals surface area contributed by atoms with Crippen molar-refractivity contribution in [3.63, 3.8) is 0 Å². The number of benzene rings is 2. The van der Waals surface area contributed by atoms with Crippen molar-refractivity contribution in [1.29, 1.82) is 0 Å². The Labute approximate surface area is 191 Å². The topological polar surface area (TPSA) is 39.7 Å². The largest absolute Gasteiger partial charge is 0.357 e. The predicted molar refractivity (Wildman–Crippen MR) is 129 cm³/mol. The van der Waals surface area contributed by atoms with Gasteiger partial charge in [-0.1, -0.05) is 42.5 Å². The lowest BCUT2D eigenvalue weighted by Crippen LogP contribution is -2.40.